The van der Waals surface area contributed by atoms with Gasteiger partial charge in [-0.25, -0.2) is 4.98 Å². The fourth-order valence-corrected chi connectivity index (χ4v) is 3.49. The second kappa shape index (κ2) is 9.19. The van der Waals surface area contributed by atoms with Crippen LogP contribution in [0.5, 0.6) is 0 Å². The molecule has 2 heterocycles. The van der Waals surface area contributed by atoms with Crippen LogP contribution in [-0.2, 0) is 16.1 Å². The number of nitrogens with zero attached hydrogens (tertiary/aromatic N) is 3. The lowest BCUT2D eigenvalue weighted by Crippen LogP contribution is -2.23. The van der Waals surface area contributed by atoms with Crippen molar-refractivity contribution in [3.05, 3.63) is 70.1 Å². The second-order valence-electron chi connectivity index (χ2n) is 5.82. The topological polar surface area (TPSA) is 99.2 Å². The van der Waals surface area contributed by atoms with Gasteiger partial charge in [0.05, 0.1) is 24.2 Å². The Balaban J connectivity index is 1.80. The molecule has 0 fully saturated rings. The molecule has 2 aromatic heterocycles. The number of furan rings is 1. The van der Waals surface area contributed by atoms with E-state index in [0.29, 0.717) is 27.3 Å². The summed E-state index contributed by atoms with van der Waals surface area (Å²) in [5.74, 6) is -0.212. The van der Waals surface area contributed by atoms with Crippen molar-refractivity contribution in [3.63, 3.8) is 0 Å². The van der Waals surface area contributed by atoms with Crippen LogP contribution in [0.15, 0.2) is 58.0 Å². The van der Waals surface area contributed by atoms with Crippen molar-refractivity contribution in [1.82, 2.24) is 10.3 Å². The van der Waals surface area contributed by atoms with Crippen molar-refractivity contribution < 1.29 is 14.0 Å². The van der Waals surface area contributed by atoms with Gasteiger partial charge < -0.3 is 9.73 Å². The average molecular weight is 427 g/mol. The predicted octanol–water partition coefficient (Wildman–Crippen LogP) is 4.30. The van der Waals surface area contributed by atoms with Crippen LogP contribution in [0.2, 0.25) is 5.02 Å². The largest absolute Gasteiger partial charge is 0.467 e. The van der Waals surface area contributed by atoms with E-state index in [1.807, 2.05) is 6.07 Å². The molecule has 0 spiro atoms. The van der Waals surface area contributed by atoms with Crippen molar-refractivity contribution >= 4 is 51.6 Å². The van der Waals surface area contributed by atoms with Gasteiger partial charge in [0.2, 0.25) is 5.91 Å². The lowest BCUT2D eigenvalue weighted by molar-refractivity contribution is -0.117. The van der Waals surface area contributed by atoms with E-state index >= 15 is 0 Å². The molecule has 0 bridgehead atoms. The van der Waals surface area contributed by atoms with Gasteiger partial charge in [0.25, 0.3) is 5.91 Å². The van der Waals surface area contributed by atoms with Gasteiger partial charge in [-0.15, -0.1) is 11.3 Å². The van der Waals surface area contributed by atoms with Crippen LogP contribution < -0.4 is 10.2 Å². The molecule has 3 rings (SSSR count). The second-order valence-corrected chi connectivity index (χ2v) is 7.09. The van der Waals surface area contributed by atoms with Gasteiger partial charge >= 0.3 is 0 Å². The van der Waals surface area contributed by atoms with Crippen LogP contribution in [0.3, 0.4) is 0 Å². The summed E-state index contributed by atoms with van der Waals surface area (Å²) in [6, 6.07) is 12.1. The molecule has 146 valence electrons. The minimum Gasteiger partial charge on any atom is -0.467 e. The van der Waals surface area contributed by atoms with Crippen LogP contribution in [0.25, 0.3) is 6.08 Å². The van der Waals surface area contributed by atoms with Gasteiger partial charge in [0.15, 0.2) is 5.13 Å². The molecule has 0 aliphatic heterocycles. The van der Waals surface area contributed by atoms with E-state index in [0.717, 1.165) is 0 Å². The Morgan fingerprint density at radius 2 is 2.21 bits per heavy atom. The highest BCUT2D eigenvalue weighted by atomic mass is 35.5. The first-order valence-corrected chi connectivity index (χ1v) is 9.68. The lowest BCUT2D eigenvalue weighted by atomic mass is 10.2. The van der Waals surface area contributed by atoms with E-state index in [9.17, 15) is 14.9 Å². The highest BCUT2D eigenvalue weighted by Gasteiger charge is 2.18. The first kappa shape index (κ1) is 20.3. The summed E-state index contributed by atoms with van der Waals surface area (Å²) < 4.78 is 5.14. The van der Waals surface area contributed by atoms with E-state index in [4.69, 9.17) is 16.0 Å². The molecule has 2 amide bonds. The van der Waals surface area contributed by atoms with Crippen molar-refractivity contribution in [2.45, 2.75) is 13.5 Å². The van der Waals surface area contributed by atoms with Gasteiger partial charge in [-0.1, -0.05) is 17.7 Å². The number of carbonyl (C=O) groups excluding carboxylic acids is 2. The molecule has 0 saturated carbocycles. The Bertz CT molecular complexity index is 1100. The average Bonchev–Trinajstić information content (AvgIpc) is 3.36. The number of halogens is 1. The third kappa shape index (κ3) is 5.10. The van der Waals surface area contributed by atoms with Crippen LogP contribution in [0.1, 0.15) is 18.4 Å². The highest BCUT2D eigenvalue weighted by Crippen LogP contribution is 2.30. The van der Waals surface area contributed by atoms with Crippen LogP contribution in [0, 0.1) is 11.3 Å². The first-order valence-electron chi connectivity index (χ1n) is 8.42. The van der Waals surface area contributed by atoms with E-state index < -0.39 is 5.91 Å². The summed E-state index contributed by atoms with van der Waals surface area (Å²) in [4.78, 5) is 30.2. The zero-order valence-corrected chi connectivity index (χ0v) is 16.8. The zero-order valence-electron chi connectivity index (χ0n) is 15.3. The van der Waals surface area contributed by atoms with Gasteiger partial charge in [-0.2, -0.15) is 5.26 Å². The fraction of sp³-hybridized carbons (Fsp3) is 0.100. The van der Waals surface area contributed by atoms with Gasteiger partial charge in [-0.3, -0.25) is 14.5 Å². The number of thiazole rings is 1. The Hall–Kier alpha value is -3.41. The summed E-state index contributed by atoms with van der Waals surface area (Å²) in [7, 11) is 0. The molecule has 29 heavy (non-hydrogen) atoms. The zero-order chi connectivity index (χ0) is 20.8. The number of nitrogens with one attached hydrogen (secondary N) is 1. The molecule has 1 aromatic carbocycles. The number of amides is 2. The normalized spacial score (nSPS) is 11.0. The molecule has 3 aromatic rings. The summed E-state index contributed by atoms with van der Waals surface area (Å²) in [5.41, 5.74) is 0.861. The van der Waals surface area contributed by atoms with Gasteiger partial charge in [0, 0.05) is 17.3 Å². The minimum absolute atomic E-state index is 0.106. The summed E-state index contributed by atoms with van der Waals surface area (Å²) in [6.07, 6.45) is 2.87. The van der Waals surface area contributed by atoms with E-state index in [1.165, 1.54) is 35.5 Å². The van der Waals surface area contributed by atoms with Gasteiger partial charge in [-0.05, 0) is 36.4 Å². The van der Waals surface area contributed by atoms with Crippen LogP contribution >= 0.6 is 22.9 Å². The fourth-order valence-electron chi connectivity index (χ4n) is 2.46. The highest BCUT2D eigenvalue weighted by molar-refractivity contribution is 7.14. The number of rotatable bonds is 6. The third-order valence-corrected chi connectivity index (χ3v) is 4.82. The molecular formula is C20H15ClN4O3S. The Morgan fingerprint density at radius 1 is 1.38 bits per heavy atom. The first-order chi connectivity index (χ1) is 14.0. The SMILES string of the molecule is CC(=O)N(c1cccc(Cl)c1)c1nc(/C=C(\C#N)C(=O)NCc2ccco2)cs1. The number of carbonyl (C=O) groups is 2. The van der Waals surface area contributed by atoms with Crippen molar-refractivity contribution in [1.29, 1.82) is 5.26 Å². The Morgan fingerprint density at radius 3 is 2.86 bits per heavy atom. The lowest BCUT2D eigenvalue weighted by Gasteiger charge is -2.18. The van der Waals surface area contributed by atoms with Crippen LogP contribution in [0.4, 0.5) is 10.8 Å². The molecule has 0 atom stereocenters. The standard InChI is InChI=1S/C20H15ClN4O3S/c1-13(26)25(17-5-2-4-15(21)9-17)20-24-16(12-29-20)8-14(10-22)19(27)23-11-18-6-3-7-28-18/h2-9,12H,11H2,1H3,(H,23,27)/b14-8+. The summed E-state index contributed by atoms with van der Waals surface area (Å²) in [6.45, 7) is 1.58. The molecule has 0 saturated heterocycles. The molecule has 1 N–H and O–H groups in total. The van der Waals surface area contributed by atoms with E-state index in [-0.39, 0.29) is 18.0 Å². The number of nitriles is 1. The summed E-state index contributed by atoms with van der Waals surface area (Å²) >= 11 is 7.24. The Kier molecular flexibility index (Phi) is 6.44. The van der Waals surface area contributed by atoms with Crippen LogP contribution in [-0.4, -0.2) is 16.8 Å². The molecule has 0 radical (unpaired) electrons. The molecule has 9 heteroatoms. The number of benzene rings is 1. The number of anilines is 2. The quantitative estimate of drug-likeness (QED) is 0.468. The number of aromatic nitrogens is 1. The Labute approximate surface area is 175 Å². The number of hydrogen-bond acceptors (Lipinski definition) is 6. The smallest absolute Gasteiger partial charge is 0.262 e. The maximum Gasteiger partial charge on any atom is 0.262 e. The molecule has 0 unspecified atom stereocenters. The van der Waals surface area contributed by atoms with E-state index in [1.54, 1.807) is 41.8 Å². The minimum atomic E-state index is -0.545. The molecule has 0 aliphatic rings. The van der Waals surface area contributed by atoms with Crippen molar-refractivity contribution in [2.24, 2.45) is 0 Å². The third-order valence-electron chi connectivity index (χ3n) is 3.74. The van der Waals surface area contributed by atoms with E-state index in [2.05, 4.69) is 10.3 Å². The van der Waals surface area contributed by atoms with Gasteiger partial charge in [0.1, 0.15) is 17.4 Å². The number of hydrogen-bond donors (Lipinski definition) is 1. The maximum atomic E-state index is 12.2. The summed E-state index contributed by atoms with van der Waals surface area (Å²) in [5, 5.41) is 14.5. The molecule has 7 nitrogen and oxygen atoms in total. The monoisotopic (exact) mass is 426 g/mol. The molecule has 0 aliphatic carbocycles. The molecular weight excluding hydrogens is 412 g/mol. The predicted molar refractivity (Wildman–Crippen MR) is 111 cm³/mol. The van der Waals surface area contributed by atoms with Crippen molar-refractivity contribution in [3.8, 4) is 6.07 Å². The van der Waals surface area contributed by atoms with Crippen molar-refractivity contribution in [2.75, 3.05) is 4.90 Å². The maximum absolute atomic E-state index is 12.2.